The molecule has 234 valence electrons. The molecule has 0 atom stereocenters. The zero-order valence-corrected chi connectivity index (χ0v) is 28.1. The molecule has 10 rings (SSSR count). The van der Waals surface area contributed by atoms with E-state index in [1.165, 1.54) is 80.4 Å². The molecule has 0 radical (unpaired) electrons. The molecule has 0 saturated carbocycles. The minimum Gasteiger partial charge on any atom is -0.309 e. The Hall–Kier alpha value is -6.22. The van der Waals surface area contributed by atoms with Gasteiger partial charge in [-0.1, -0.05) is 152 Å². The number of nitrogens with zero attached hydrogens (tertiary/aromatic N) is 1. The van der Waals surface area contributed by atoms with Crippen LogP contribution in [0.4, 0.5) is 17.1 Å². The van der Waals surface area contributed by atoms with Gasteiger partial charge in [-0.05, 0) is 91.0 Å². The van der Waals surface area contributed by atoms with Crippen molar-refractivity contribution < 1.29 is 0 Å². The SMILES string of the molecule is c1ccc(-c2ccc(N(c3ccc(-c4cc5ccccc5c5ccccc45)cc3)c3cccc4c3sc3c5ccccc5ccc43)cc2)cc1. The van der Waals surface area contributed by atoms with Crippen molar-refractivity contribution in [2.45, 2.75) is 0 Å². The standard InChI is InChI=1S/C48H31NS/c1-2-11-32(12-3-1)33-21-26-37(27-22-33)49(46-20-10-19-43-44-30-25-34-13-4-7-16-40(34)47(44)50-48(43)46)38-28-23-35(24-29-38)45-31-36-14-5-6-15-39(36)41-17-8-9-18-42(41)45/h1-31H. The molecular formula is C48H31NS. The number of fused-ring (bicyclic) bond motifs is 8. The quantitative estimate of drug-likeness (QED) is 0.167. The van der Waals surface area contributed by atoms with Crippen LogP contribution in [0, 0.1) is 0 Å². The third-order valence-electron chi connectivity index (χ3n) is 10.0. The monoisotopic (exact) mass is 653 g/mol. The van der Waals surface area contributed by atoms with Crippen LogP contribution in [-0.2, 0) is 0 Å². The Morgan fingerprint density at radius 1 is 0.320 bits per heavy atom. The summed E-state index contributed by atoms with van der Waals surface area (Å²) in [6.07, 6.45) is 0. The van der Waals surface area contributed by atoms with E-state index in [1.807, 2.05) is 11.3 Å². The van der Waals surface area contributed by atoms with Crippen LogP contribution in [0.25, 0.3) is 74.7 Å². The predicted octanol–water partition coefficient (Wildman–Crippen LogP) is 14.3. The number of benzene rings is 9. The normalized spacial score (nSPS) is 11.6. The Kier molecular flexibility index (Phi) is 6.75. The Balaban J connectivity index is 1.16. The van der Waals surface area contributed by atoms with Gasteiger partial charge >= 0.3 is 0 Å². The maximum atomic E-state index is 2.43. The number of hydrogen-bond donors (Lipinski definition) is 0. The summed E-state index contributed by atoms with van der Waals surface area (Å²) in [7, 11) is 0. The first-order valence-corrected chi connectivity index (χ1v) is 17.9. The third kappa shape index (κ3) is 4.69. The van der Waals surface area contributed by atoms with E-state index in [1.54, 1.807) is 0 Å². The van der Waals surface area contributed by atoms with Crippen molar-refractivity contribution in [3.63, 3.8) is 0 Å². The van der Waals surface area contributed by atoms with E-state index in [-0.39, 0.29) is 0 Å². The first-order chi connectivity index (χ1) is 24.8. The molecule has 0 fully saturated rings. The minimum absolute atomic E-state index is 1.13. The molecule has 10 aromatic rings. The summed E-state index contributed by atoms with van der Waals surface area (Å²) < 4.78 is 2.62. The molecule has 0 saturated heterocycles. The molecule has 0 amide bonds. The van der Waals surface area contributed by atoms with Crippen molar-refractivity contribution in [1.29, 1.82) is 0 Å². The highest BCUT2D eigenvalue weighted by Crippen LogP contribution is 2.47. The van der Waals surface area contributed by atoms with Crippen LogP contribution in [-0.4, -0.2) is 0 Å². The van der Waals surface area contributed by atoms with Gasteiger partial charge in [-0.3, -0.25) is 0 Å². The summed E-state index contributed by atoms with van der Waals surface area (Å²) in [5.41, 5.74) is 8.33. The molecule has 0 aliphatic carbocycles. The molecule has 0 bridgehead atoms. The summed E-state index contributed by atoms with van der Waals surface area (Å²) >= 11 is 1.90. The Bertz CT molecular complexity index is 2850. The summed E-state index contributed by atoms with van der Waals surface area (Å²) in [6.45, 7) is 0. The average Bonchev–Trinajstić information content (AvgIpc) is 3.59. The van der Waals surface area contributed by atoms with Crippen molar-refractivity contribution >= 4 is 80.9 Å². The Morgan fingerprint density at radius 2 is 0.880 bits per heavy atom. The number of anilines is 3. The highest BCUT2D eigenvalue weighted by atomic mass is 32.1. The Morgan fingerprint density at radius 3 is 1.64 bits per heavy atom. The summed E-state index contributed by atoms with van der Waals surface area (Å²) in [5.74, 6) is 0. The second-order valence-corrected chi connectivity index (χ2v) is 13.9. The highest BCUT2D eigenvalue weighted by Gasteiger charge is 2.19. The van der Waals surface area contributed by atoms with Crippen molar-refractivity contribution in [3.8, 4) is 22.3 Å². The van der Waals surface area contributed by atoms with Gasteiger partial charge in [0.05, 0.1) is 10.4 Å². The largest absolute Gasteiger partial charge is 0.309 e. The molecule has 0 unspecified atom stereocenters. The molecule has 2 heteroatoms. The van der Waals surface area contributed by atoms with Crippen LogP contribution < -0.4 is 4.90 Å². The fourth-order valence-electron chi connectivity index (χ4n) is 7.63. The Labute approximate surface area is 294 Å². The predicted molar refractivity (Wildman–Crippen MR) is 217 cm³/mol. The van der Waals surface area contributed by atoms with Gasteiger partial charge in [-0.15, -0.1) is 11.3 Å². The first-order valence-electron chi connectivity index (χ1n) is 17.1. The lowest BCUT2D eigenvalue weighted by Crippen LogP contribution is -2.10. The van der Waals surface area contributed by atoms with Gasteiger partial charge in [0.25, 0.3) is 0 Å². The minimum atomic E-state index is 1.13. The second-order valence-electron chi connectivity index (χ2n) is 12.9. The van der Waals surface area contributed by atoms with E-state index >= 15 is 0 Å². The van der Waals surface area contributed by atoms with Gasteiger partial charge in [0.2, 0.25) is 0 Å². The second kappa shape index (κ2) is 11.7. The van der Waals surface area contributed by atoms with E-state index < -0.39 is 0 Å². The fraction of sp³-hybridized carbons (Fsp3) is 0. The topological polar surface area (TPSA) is 3.24 Å². The zero-order chi connectivity index (χ0) is 33.0. The van der Waals surface area contributed by atoms with Gasteiger partial charge in [-0.25, -0.2) is 0 Å². The van der Waals surface area contributed by atoms with Crippen molar-refractivity contribution in [1.82, 2.24) is 0 Å². The molecular weight excluding hydrogens is 623 g/mol. The molecule has 0 aliphatic rings. The van der Waals surface area contributed by atoms with E-state index in [4.69, 9.17) is 0 Å². The lowest BCUT2D eigenvalue weighted by atomic mass is 9.93. The van der Waals surface area contributed by atoms with Gasteiger partial charge in [0.15, 0.2) is 0 Å². The van der Waals surface area contributed by atoms with Crippen molar-refractivity contribution in [2.24, 2.45) is 0 Å². The van der Waals surface area contributed by atoms with E-state index in [2.05, 4.69) is 193 Å². The van der Waals surface area contributed by atoms with Crippen LogP contribution in [0.15, 0.2) is 188 Å². The van der Waals surface area contributed by atoms with Crippen molar-refractivity contribution in [2.75, 3.05) is 4.90 Å². The van der Waals surface area contributed by atoms with E-state index in [0.29, 0.717) is 0 Å². The zero-order valence-electron chi connectivity index (χ0n) is 27.3. The van der Waals surface area contributed by atoms with Crippen LogP contribution >= 0.6 is 11.3 Å². The molecule has 1 nitrogen and oxygen atoms in total. The maximum absolute atomic E-state index is 2.43. The fourth-order valence-corrected chi connectivity index (χ4v) is 8.97. The number of rotatable bonds is 5. The molecule has 9 aromatic carbocycles. The molecule has 0 aliphatic heterocycles. The first kappa shape index (κ1) is 28.8. The summed E-state index contributed by atoms with van der Waals surface area (Å²) in [4.78, 5) is 2.43. The average molecular weight is 654 g/mol. The third-order valence-corrected chi connectivity index (χ3v) is 11.3. The number of hydrogen-bond acceptors (Lipinski definition) is 2. The van der Waals surface area contributed by atoms with Crippen molar-refractivity contribution in [3.05, 3.63) is 188 Å². The van der Waals surface area contributed by atoms with Gasteiger partial charge in [0, 0.05) is 26.8 Å². The molecule has 50 heavy (non-hydrogen) atoms. The smallest absolute Gasteiger partial charge is 0.0640 e. The van der Waals surface area contributed by atoms with Gasteiger partial charge < -0.3 is 4.90 Å². The number of thiophene rings is 1. The van der Waals surface area contributed by atoms with Gasteiger partial charge in [0.1, 0.15) is 0 Å². The maximum Gasteiger partial charge on any atom is 0.0640 e. The van der Waals surface area contributed by atoms with Crippen LogP contribution in [0.5, 0.6) is 0 Å². The van der Waals surface area contributed by atoms with Gasteiger partial charge in [-0.2, -0.15) is 0 Å². The molecule has 1 aromatic heterocycles. The molecule has 0 N–H and O–H groups in total. The lowest BCUT2D eigenvalue weighted by Gasteiger charge is -2.26. The van der Waals surface area contributed by atoms with Crippen LogP contribution in [0.2, 0.25) is 0 Å². The van der Waals surface area contributed by atoms with E-state index in [0.717, 1.165) is 11.4 Å². The molecule has 0 spiro atoms. The molecule has 1 heterocycles. The van der Waals surface area contributed by atoms with E-state index in [9.17, 15) is 0 Å². The lowest BCUT2D eigenvalue weighted by molar-refractivity contribution is 1.30. The highest BCUT2D eigenvalue weighted by molar-refractivity contribution is 7.27. The summed E-state index contributed by atoms with van der Waals surface area (Å²) in [6, 6.07) is 68.6. The van der Waals surface area contributed by atoms with Crippen LogP contribution in [0.3, 0.4) is 0 Å². The summed E-state index contributed by atoms with van der Waals surface area (Å²) in [5, 5.41) is 10.3. The van der Waals surface area contributed by atoms with Crippen LogP contribution in [0.1, 0.15) is 0 Å².